The van der Waals surface area contributed by atoms with Gasteiger partial charge in [-0.3, -0.25) is 14.3 Å². The number of aryl methyl sites for hydroxylation is 1. The molecule has 0 radical (unpaired) electrons. The molecule has 0 aliphatic carbocycles. The zero-order chi connectivity index (χ0) is 18.1. The molecule has 0 spiro atoms. The lowest BCUT2D eigenvalue weighted by atomic mass is 9.95. The Bertz CT molecular complexity index is 968. The number of carbonyl (C=O) groups excluding carboxylic acids is 1. The van der Waals surface area contributed by atoms with Gasteiger partial charge in [0.1, 0.15) is 11.5 Å². The van der Waals surface area contributed by atoms with Crippen molar-refractivity contribution in [1.82, 2.24) is 24.6 Å². The average Bonchev–Trinajstić information content (AvgIpc) is 3.32. The third-order valence-corrected chi connectivity index (χ3v) is 5.47. The van der Waals surface area contributed by atoms with E-state index in [1.165, 1.54) is 6.07 Å². The second-order valence-corrected chi connectivity index (χ2v) is 7.21. The summed E-state index contributed by atoms with van der Waals surface area (Å²) in [5.41, 5.74) is 2.13. The smallest absolute Gasteiger partial charge is 0.272 e. The summed E-state index contributed by atoms with van der Waals surface area (Å²) in [7, 11) is 1.77. The molecule has 134 valence electrons. The van der Waals surface area contributed by atoms with Crippen molar-refractivity contribution in [2.45, 2.75) is 18.8 Å². The fourth-order valence-corrected chi connectivity index (χ4v) is 3.98. The highest BCUT2D eigenvalue weighted by atomic mass is 32.1. The van der Waals surface area contributed by atoms with E-state index in [0.717, 1.165) is 18.4 Å². The van der Waals surface area contributed by atoms with E-state index in [0.29, 0.717) is 30.3 Å². The molecule has 0 bridgehead atoms. The number of hydrogen-bond acceptors (Lipinski definition) is 5. The number of nitrogens with zero attached hydrogens (tertiary/aromatic N) is 4. The number of thiophene rings is 1. The lowest BCUT2D eigenvalue weighted by molar-refractivity contribution is 0.0700. The topological polar surface area (TPSA) is 83.9 Å². The van der Waals surface area contributed by atoms with Gasteiger partial charge < -0.3 is 9.88 Å². The second kappa shape index (κ2) is 6.87. The summed E-state index contributed by atoms with van der Waals surface area (Å²) < 4.78 is 1.60. The molecule has 7 nitrogen and oxygen atoms in total. The van der Waals surface area contributed by atoms with Crippen molar-refractivity contribution in [3.8, 4) is 11.3 Å². The number of amides is 1. The fourth-order valence-electron chi connectivity index (χ4n) is 3.33. The first-order chi connectivity index (χ1) is 12.6. The summed E-state index contributed by atoms with van der Waals surface area (Å²) in [6.45, 7) is 1.28. The molecule has 1 saturated heterocycles. The van der Waals surface area contributed by atoms with Gasteiger partial charge in [0.15, 0.2) is 0 Å². The molecule has 3 aromatic heterocycles. The van der Waals surface area contributed by atoms with Gasteiger partial charge >= 0.3 is 0 Å². The fraction of sp³-hybridized carbons (Fsp3) is 0.333. The predicted octanol–water partition coefficient (Wildman–Crippen LogP) is 2.25. The van der Waals surface area contributed by atoms with Gasteiger partial charge in [-0.25, -0.2) is 4.98 Å². The molecular weight excluding hydrogens is 350 g/mol. The standard InChI is InChI=1S/C18H19N5O2S/c1-22-15(2-6-19-22)18(25)23-7-3-12(4-8-23)17-20-14(10-16(24)21-17)13-5-9-26-11-13/h2,5-6,9-12H,3-4,7-8H2,1H3,(H,20,21,24). The summed E-state index contributed by atoms with van der Waals surface area (Å²) >= 11 is 1.58. The molecule has 0 unspecified atom stereocenters. The Morgan fingerprint density at radius 1 is 1.31 bits per heavy atom. The minimum Gasteiger partial charge on any atom is -0.337 e. The number of likely N-dealkylation sites (tertiary alicyclic amines) is 1. The van der Waals surface area contributed by atoms with Gasteiger partial charge in [0.2, 0.25) is 0 Å². The van der Waals surface area contributed by atoms with Crippen LogP contribution in [-0.4, -0.2) is 43.6 Å². The number of piperidine rings is 1. The van der Waals surface area contributed by atoms with E-state index in [2.05, 4.69) is 15.1 Å². The number of nitrogens with one attached hydrogen (secondary N) is 1. The van der Waals surface area contributed by atoms with Gasteiger partial charge in [0.05, 0.1) is 5.69 Å². The van der Waals surface area contributed by atoms with Crippen LogP contribution in [0.25, 0.3) is 11.3 Å². The molecule has 0 saturated carbocycles. The SMILES string of the molecule is Cn1nccc1C(=O)N1CCC(c2nc(-c3ccsc3)cc(=O)[nH]2)CC1. The maximum absolute atomic E-state index is 12.6. The highest BCUT2D eigenvalue weighted by Gasteiger charge is 2.27. The van der Waals surface area contributed by atoms with Crippen molar-refractivity contribution < 1.29 is 4.79 Å². The maximum Gasteiger partial charge on any atom is 0.272 e. The quantitative estimate of drug-likeness (QED) is 0.767. The van der Waals surface area contributed by atoms with E-state index in [-0.39, 0.29) is 17.4 Å². The summed E-state index contributed by atoms with van der Waals surface area (Å²) in [6.07, 6.45) is 3.18. The molecule has 0 aromatic carbocycles. The Balaban J connectivity index is 1.49. The van der Waals surface area contributed by atoms with E-state index in [1.807, 2.05) is 21.7 Å². The molecule has 26 heavy (non-hydrogen) atoms. The number of carbonyl (C=O) groups is 1. The van der Waals surface area contributed by atoms with Crippen LogP contribution in [0.1, 0.15) is 35.1 Å². The molecule has 8 heteroatoms. The molecule has 4 heterocycles. The largest absolute Gasteiger partial charge is 0.337 e. The van der Waals surface area contributed by atoms with Crippen LogP contribution in [0.4, 0.5) is 0 Å². The summed E-state index contributed by atoms with van der Waals surface area (Å²) in [5, 5.41) is 8.02. The van der Waals surface area contributed by atoms with Crippen molar-refractivity contribution in [3.05, 3.63) is 57.0 Å². The summed E-state index contributed by atoms with van der Waals surface area (Å²) in [4.78, 5) is 34.0. The molecule has 4 rings (SSSR count). The average molecular weight is 369 g/mol. The first kappa shape index (κ1) is 16.7. The highest BCUT2D eigenvalue weighted by molar-refractivity contribution is 7.08. The monoisotopic (exact) mass is 369 g/mol. The van der Waals surface area contributed by atoms with Crippen LogP contribution >= 0.6 is 11.3 Å². The van der Waals surface area contributed by atoms with E-state index < -0.39 is 0 Å². The van der Waals surface area contributed by atoms with Gasteiger partial charge in [-0.05, 0) is 30.4 Å². The van der Waals surface area contributed by atoms with Crippen molar-refractivity contribution >= 4 is 17.2 Å². The van der Waals surface area contributed by atoms with Crippen LogP contribution in [0.3, 0.4) is 0 Å². The first-order valence-electron chi connectivity index (χ1n) is 8.53. The highest BCUT2D eigenvalue weighted by Crippen LogP contribution is 2.27. The van der Waals surface area contributed by atoms with Gasteiger partial charge in [0.25, 0.3) is 11.5 Å². The second-order valence-electron chi connectivity index (χ2n) is 6.43. The van der Waals surface area contributed by atoms with E-state index in [9.17, 15) is 9.59 Å². The Labute approximate surface area is 154 Å². The Kier molecular flexibility index (Phi) is 4.42. The van der Waals surface area contributed by atoms with Crippen molar-refractivity contribution in [2.75, 3.05) is 13.1 Å². The molecule has 3 aromatic rings. The minimum atomic E-state index is -0.135. The number of aromatic amines is 1. The lowest BCUT2D eigenvalue weighted by Gasteiger charge is -2.31. The zero-order valence-corrected chi connectivity index (χ0v) is 15.2. The van der Waals surface area contributed by atoms with Gasteiger partial charge in [-0.15, -0.1) is 0 Å². The molecular formula is C18H19N5O2S. The maximum atomic E-state index is 12.6. The number of H-pyrrole nitrogens is 1. The predicted molar refractivity (Wildman–Crippen MR) is 99.3 cm³/mol. The van der Waals surface area contributed by atoms with Crippen LogP contribution in [-0.2, 0) is 7.05 Å². The molecule has 1 N–H and O–H groups in total. The molecule has 1 amide bonds. The van der Waals surface area contributed by atoms with Crippen molar-refractivity contribution in [3.63, 3.8) is 0 Å². The Hall–Kier alpha value is -2.74. The molecule has 1 aliphatic heterocycles. The molecule has 1 aliphatic rings. The molecule has 1 fully saturated rings. The Morgan fingerprint density at radius 2 is 2.12 bits per heavy atom. The zero-order valence-electron chi connectivity index (χ0n) is 14.4. The lowest BCUT2D eigenvalue weighted by Crippen LogP contribution is -2.39. The van der Waals surface area contributed by atoms with Crippen molar-refractivity contribution in [1.29, 1.82) is 0 Å². The molecule has 0 atom stereocenters. The van der Waals surface area contributed by atoms with Crippen LogP contribution < -0.4 is 5.56 Å². The summed E-state index contributed by atoms with van der Waals surface area (Å²) in [5.74, 6) is 0.861. The Morgan fingerprint density at radius 3 is 2.77 bits per heavy atom. The first-order valence-corrected chi connectivity index (χ1v) is 9.47. The minimum absolute atomic E-state index is 0.00285. The van der Waals surface area contributed by atoms with Gasteiger partial charge in [-0.1, -0.05) is 0 Å². The van der Waals surface area contributed by atoms with E-state index in [1.54, 1.807) is 35.3 Å². The van der Waals surface area contributed by atoms with Crippen LogP contribution in [0, 0.1) is 0 Å². The third kappa shape index (κ3) is 3.20. The normalized spacial score (nSPS) is 15.3. The van der Waals surface area contributed by atoms with Crippen molar-refractivity contribution in [2.24, 2.45) is 7.05 Å². The van der Waals surface area contributed by atoms with Gasteiger partial charge in [0, 0.05) is 49.3 Å². The van der Waals surface area contributed by atoms with Gasteiger partial charge in [-0.2, -0.15) is 16.4 Å². The number of hydrogen-bond donors (Lipinski definition) is 1. The number of rotatable bonds is 3. The van der Waals surface area contributed by atoms with E-state index in [4.69, 9.17) is 0 Å². The van der Waals surface area contributed by atoms with E-state index >= 15 is 0 Å². The summed E-state index contributed by atoms with van der Waals surface area (Å²) in [6, 6.07) is 5.23. The van der Waals surface area contributed by atoms with Crippen LogP contribution in [0.2, 0.25) is 0 Å². The van der Waals surface area contributed by atoms with Crippen LogP contribution in [0.5, 0.6) is 0 Å². The van der Waals surface area contributed by atoms with Crippen LogP contribution in [0.15, 0.2) is 40.0 Å². The third-order valence-electron chi connectivity index (χ3n) is 4.79. The number of aromatic nitrogens is 4.